The van der Waals surface area contributed by atoms with E-state index in [9.17, 15) is 9.70 Å². The van der Waals surface area contributed by atoms with Gasteiger partial charge in [-0.05, 0) is 79.5 Å². The number of hydrazine groups is 1. The first kappa shape index (κ1) is 24.2. The summed E-state index contributed by atoms with van der Waals surface area (Å²) in [6.07, 6.45) is -0.137. The predicted octanol–water partition coefficient (Wildman–Crippen LogP) is 4.76. The minimum atomic E-state index is -0.867. The van der Waals surface area contributed by atoms with Crippen molar-refractivity contribution in [1.82, 2.24) is 5.43 Å². The number of carbonyl (C=O) groups excluding carboxylic acids is 1. The van der Waals surface area contributed by atoms with Gasteiger partial charge in [-0.1, -0.05) is 24.3 Å². The van der Waals surface area contributed by atoms with Gasteiger partial charge in [0, 0.05) is 11.3 Å². The van der Waals surface area contributed by atoms with Gasteiger partial charge in [0.2, 0.25) is 0 Å². The van der Waals surface area contributed by atoms with Gasteiger partial charge < -0.3 is 15.8 Å². The molecule has 1 amide bonds. The number of amides is 1. The molecule has 0 bridgehead atoms. The Labute approximate surface area is 198 Å². The van der Waals surface area contributed by atoms with Crippen LogP contribution < -0.4 is 26.6 Å². The lowest BCUT2D eigenvalue weighted by Gasteiger charge is -2.22. The summed E-state index contributed by atoms with van der Waals surface area (Å²) >= 11 is 0. The standard InChI is InChI=1S/C25H28N6O3/c1-15(2)34-22-13-10-18(14-21(22)31-33)23(28-19-11-8-17(9-12-19)24(26)27)25(32)30-29-20-7-5-4-6-16(20)3/h4-15,23,28-29H,1-3H3,(H3,26,27)(H,30,32). The molecular formula is C25H28N6O3. The van der Waals surface area contributed by atoms with Crippen LogP contribution in [0.3, 0.4) is 0 Å². The quantitative estimate of drug-likeness (QED) is 0.128. The Morgan fingerprint density at radius 1 is 1.06 bits per heavy atom. The Bertz CT molecular complexity index is 1180. The smallest absolute Gasteiger partial charge is 0.265 e. The topological polar surface area (TPSA) is 142 Å². The molecule has 0 spiro atoms. The predicted molar refractivity (Wildman–Crippen MR) is 134 cm³/mol. The Hall–Kier alpha value is -4.40. The highest BCUT2D eigenvalue weighted by Crippen LogP contribution is 2.32. The van der Waals surface area contributed by atoms with E-state index < -0.39 is 6.04 Å². The number of carbonyl (C=O) groups is 1. The highest BCUT2D eigenvalue weighted by Gasteiger charge is 2.23. The second-order valence-electron chi connectivity index (χ2n) is 7.98. The molecule has 0 radical (unpaired) electrons. The molecule has 0 aliphatic heterocycles. The van der Waals surface area contributed by atoms with Crippen LogP contribution in [0.4, 0.5) is 17.1 Å². The fraction of sp³-hybridized carbons (Fsp3) is 0.200. The number of nitrogens with one attached hydrogen (secondary N) is 4. The van der Waals surface area contributed by atoms with Crippen molar-refractivity contribution in [3.8, 4) is 5.75 Å². The summed E-state index contributed by atoms with van der Waals surface area (Å²) in [6.45, 7) is 5.63. The van der Waals surface area contributed by atoms with Crippen molar-refractivity contribution in [2.45, 2.75) is 32.9 Å². The largest absolute Gasteiger partial charge is 0.489 e. The van der Waals surface area contributed by atoms with Crippen molar-refractivity contribution < 1.29 is 9.53 Å². The zero-order chi connectivity index (χ0) is 24.7. The van der Waals surface area contributed by atoms with Gasteiger partial charge in [-0.3, -0.25) is 21.1 Å². The first-order valence-corrected chi connectivity index (χ1v) is 10.7. The van der Waals surface area contributed by atoms with E-state index >= 15 is 0 Å². The van der Waals surface area contributed by atoms with Crippen LogP contribution in [0.25, 0.3) is 0 Å². The number of aryl methyl sites for hydroxylation is 1. The molecule has 3 aromatic carbocycles. The summed E-state index contributed by atoms with van der Waals surface area (Å²) in [5.74, 6) is -0.0873. The van der Waals surface area contributed by atoms with Crippen molar-refractivity contribution in [2.75, 3.05) is 10.7 Å². The number of para-hydroxylation sites is 1. The minimum Gasteiger partial charge on any atom is -0.489 e. The van der Waals surface area contributed by atoms with Crippen LogP contribution in [0.5, 0.6) is 5.75 Å². The van der Waals surface area contributed by atoms with E-state index in [4.69, 9.17) is 15.9 Å². The Morgan fingerprint density at radius 2 is 1.76 bits per heavy atom. The third-order valence-electron chi connectivity index (χ3n) is 5.01. The number of hydrogen-bond donors (Lipinski definition) is 5. The lowest BCUT2D eigenvalue weighted by Crippen LogP contribution is -2.37. The van der Waals surface area contributed by atoms with Gasteiger partial charge in [0.15, 0.2) is 0 Å². The molecule has 0 saturated carbocycles. The number of anilines is 2. The average molecular weight is 461 g/mol. The van der Waals surface area contributed by atoms with E-state index in [1.165, 1.54) is 6.07 Å². The molecule has 1 unspecified atom stereocenters. The van der Waals surface area contributed by atoms with Gasteiger partial charge in [0.1, 0.15) is 23.3 Å². The maximum atomic E-state index is 13.2. The van der Waals surface area contributed by atoms with Crippen molar-refractivity contribution >= 4 is 28.8 Å². The molecule has 34 heavy (non-hydrogen) atoms. The van der Waals surface area contributed by atoms with E-state index in [0.29, 0.717) is 22.6 Å². The molecule has 1 atom stereocenters. The number of ether oxygens (including phenoxy) is 1. The van der Waals surface area contributed by atoms with Crippen LogP contribution in [-0.2, 0) is 4.79 Å². The van der Waals surface area contributed by atoms with Crippen LogP contribution >= 0.6 is 0 Å². The Balaban J connectivity index is 1.90. The first-order valence-electron chi connectivity index (χ1n) is 10.7. The van der Waals surface area contributed by atoms with Crippen LogP contribution in [0.2, 0.25) is 0 Å². The van der Waals surface area contributed by atoms with Gasteiger partial charge >= 0.3 is 0 Å². The fourth-order valence-electron chi connectivity index (χ4n) is 3.27. The molecule has 3 rings (SSSR count). The van der Waals surface area contributed by atoms with Crippen LogP contribution in [0, 0.1) is 17.2 Å². The summed E-state index contributed by atoms with van der Waals surface area (Å²) in [6, 6.07) is 18.4. The number of benzene rings is 3. The lowest BCUT2D eigenvalue weighted by molar-refractivity contribution is -0.121. The molecule has 0 fully saturated rings. The Kier molecular flexibility index (Phi) is 7.81. The van der Waals surface area contributed by atoms with Crippen LogP contribution in [0.1, 0.15) is 36.6 Å². The number of nitrogen functional groups attached to an aromatic ring is 1. The van der Waals surface area contributed by atoms with E-state index in [-0.39, 0.29) is 23.5 Å². The SMILES string of the molecule is Cc1ccccc1NNC(=O)C(Nc1ccc(C(=N)N)cc1)c1ccc(OC(C)C)c(N=O)c1. The average Bonchev–Trinajstić information content (AvgIpc) is 2.82. The third-order valence-corrected chi connectivity index (χ3v) is 5.01. The maximum Gasteiger partial charge on any atom is 0.265 e. The van der Waals surface area contributed by atoms with E-state index in [1.54, 1.807) is 36.4 Å². The minimum absolute atomic E-state index is 0.0503. The van der Waals surface area contributed by atoms with E-state index in [0.717, 1.165) is 11.3 Å². The molecule has 176 valence electrons. The van der Waals surface area contributed by atoms with Gasteiger partial charge in [-0.2, -0.15) is 0 Å². The van der Waals surface area contributed by atoms with Gasteiger partial charge in [-0.15, -0.1) is 4.91 Å². The molecule has 0 aromatic heterocycles. The Morgan fingerprint density at radius 3 is 2.38 bits per heavy atom. The number of amidine groups is 1. The highest BCUT2D eigenvalue weighted by atomic mass is 16.5. The molecule has 9 nitrogen and oxygen atoms in total. The molecule has 0 aliphatic carbocycles. The summed E-state index contributed by atoms with van der Waals surface area (Å²) in [4.78, 5) is 24.7. The van der Waals surface area contributed by atoms with Crippen LogP contribution in [-0.4, -0.2) is 17.8 Å². The lowest BCUT2D eigenvalue weighted by atomic mass is 10.0. The van der Waals surface area contributed by atoms with Gasteiger partial charge in [0.25, 0.3) is 5.91 Å². The summed E-state index contributed by atoms with van der Waals surface area (Å²) in [7, 11) is 0. The second kappa shape index (κ2) is 11.0. The monoisotopic (exact) mass is 460 g/mol. The number of nitrogens with two attached hydrogens (primary N) is 1. The van der Waals surface area contributed by atoms with Crippen molar-refractivity contribution in [3.63, 3.8) is 0 Å². The fourth-order valence-corrected chi connectivity index (χ4v) is 3.27. The first-order chi connectivity index (χ1) is 16.3. The number of hydrogen-bond acceptors (Lipinski definition) is 7. The van der Waals surface area contributed by atoms with Crippen molar-refractivity contribution in [1.29, 1.82) is 5.41 Å². The molecule has 6 N–H and O–H groups in total. The van der Waals surface area contributed by atoms with E-state index in [1.807, 2.05) is 45.0 Å². The summed E-state index contributed by atoms with van der Waals surface area (Å²) in [5.41, 5.74) is 14.7. The van der Waals surface area contributed by atoms with Gasteiger partial charge in [-0.25, -0.2) is 0 Å². The number of rotatable bonds is 10. The molecular weight excluding hydrogens is 432 g/mol. The van der Waals surface area contributed by atoms with Crippen molar-refractivity contribution in [3.05, 3.63) is 88.3 Å². The third kappa shape index (κ3) is 6.10. The zero-order valence-electron chi connectivity index (χ0n) is 19.3. The highest BCUT2D eigenvalue weighted by molar-refractivity contribution is 5.95. The van der Waals surface area contributed by atoms with Gasteiger partial charge in [0.05, 0.1) is 11.8 Å². The molecule has 0 heterocycles. The molecule has 0 aliphatic rings. The second-order valence-corrected chi connectivity index (χ2v) is 7.98. The maximum absolute atomic E-state index is 13.2. The van der Waals surface area contributed by atoms with Crippen LogP contribution in [0.15, 0.2) is 71.9 Å². The summed E-state index contributed by atoms with van der Waals surface area (Å²) in [5, 5.41) is 13.8. The zero-order valence-corrected chi connectivity index (χ0v) is 19.3. The molecule has 9 heteroatoms. The van der Waals surface area contributed by atoms with E-state index in [2.05, 4.69) is 21.3 Å². The van der Waals surface area contributed by atoms with Crippen molar-refractivity contribution in [2.24, 2.45) is 10.9 Å². The number of nitroso groups, excluding NO2 is 1. The molecule has 0 saturated heterocycles. The normalized spacial score (nSPS) is 11.4. The number of nitrogens with zero attached hydrogens (tertiary/aromatic N) is 1. The summed E-state index contributed by atoms with van der Waals surface area (Å²) < 4.78 is 5.64. The molecule has 3 aromatic rings.